The van der Waals surface area contributed by atoms with Gasteiger partial charge in [-0.25, -0.2) is 22.8 Å². The largest absolute Gasteiger partial charge is 0.493 e. The van der Waals surface area contributed by atoms with Gasteiger partial charge in [-0.15, -0.1) is 0 Å². The van der Waals surface area contributed by atoms with Crippen LogP contribution in [0.25, 0.3) is 0 Å². The van der Waals surface area contributed by atoms with Crippen LogP contribution in [0.2, 0.25) is 0 Å². The van der Waals surface area contributed by atoms with Gasteiger partial charge in [0, 0.05) is 6.07 Å². The second kappa shape index (κ2) is 5.86. The Labute approximate surface area is 118 Å². The van der Waals surface area contributed by atoms with Crippen LogP contribution in [0.1, 0.15) is 18.2 Å². The molecule has 0 aliphatic rings. The second-order valence-electron chi connectivity index (χ2n) is 4.16. The number of nitrogens with two attached hydrogens (primary N) is 1. The van der Waals surface area contributed by atoms with Gasteiger partial charge in [-0.2, -0.15) is 5.10 Å². The first kappa shape index (κ1) is 14.9. The molecule has 0 bridgehead atoms. The lowest BCUT2D eigenvalue weighted by atomic mass is 10.2. The molecule has 1 heterocycles. The van der Waals surface area contributed by atoms with Gasteiger partial charge in [0.25, 0.3) is 0 Å². The zero-order chi connectivity index (χ0) is 15.6. The van der Waals surface area contributed by atoms with Crippen LogP contribution >= 0.6 is 0 Å². The molecular formula is C13H13F3N4O. The summed E-state index contributed by atoms with van der Waals surface area (Å²) in [6, 6.07) is 0.770. The van der Waals surface area contributed by atoms with E-state index in [9.17, 15) is 13.2 Å². The summed E-state index contributed by atoms with van der Waals surface area (Å²) < 4.78 is 46.6. The average molecular weight is 298 g/mol. The van der Waals surface area contributed by atoms with Crippen molar-refractivity contribution in [1.82, 2.24) is 9.66 Å². The third kappa shape index (κ3) is 2.99. The highest BCUT2D eigenvalue weighted by Gasteiger charge is 2.18. The Kier molecular flexibility index (Phi) is 4.15. The number of nitrogen functional groups attached to an aromatic ring is 1. The molecule has 0 unspecified atom stereocenters. The van der Waals surface area contributed by atoms with Crippen LogP contribution in [0, 0.1) is 24.4 Å². The fraction of sp³-hybridized carbons (Fsp3) is 0.231. The summed E-state index contributed by atoms with van der Waals surface area (Å²) in [5.41, 5.74) is 5.88. The number of nitrogens with zero attached hydrogens (tertiary/aromatic N) is 3. The van der Waals surface area contributed by atoms with Gasteiger partial charge in [0.1, 0.15) is 5.75 Å². The van der Waals surface area contributed by atoms with Crippen LogP contribution in [0.3, 0.4) is 0 Å². The van der Waals surface area contributed by atoms with E-state index in [4.69, 9.17) is 10.5 Å². The molecule has 0 radical (unpaired) electrons. The smallest absolute Gasteiger partial charge is 0.221 e. The molecule has 21 heavy (non-hydrogen) atoms. The third-order valence-corrected chi connectivity index (χ3v) is 2.61. The fourth-order valence-corrected chi connectivity index (χ4v) is 1.70. The highest BCUT2D eigenvalue weighted by Crippen LogP contribution is 2.25. The normalized spacial score (nSPS) is 11.3. The Morgan fingerprint density at radius 1 is 1.38 bits per heavy atom. The Morgan fingerprint density at radius 3 is 2.67 bits per heavy atom. The lowest BCUT2D eigenvalue weighted by Crippen LogP contribution is -2.05. The number of hydrogen-bond acceptors (Lipinski definition) is 4. The SMILES string of the molecule is CCOc1cc(F)c(F)c(F)c1C=Nn1cc(C)nc1N. The Hall–Kier alpha value is -2.51. The van der Waals surface area contributed by atoms with Crippen molar-refractivity contribution >= 4 is 12.2 Å². The van der Waals surface area contributed by atoms with Gasteiger partial charge in [0.2, 0.25) is 5.95 Å². The number of aryl methyl sites for hydroxylation is 1. The minimum Gasteiger partial charge on any atom is -0.493 e. The third-order valence-electron chi connectivity index (χ3n) is 2.61. The molecule has 112 valence electrons. The summed E-state index contributed by atoms with van der Waals surface area (Å²) in [5, 5.41) is 3.87. The summed E-state index contributed by atoms with van der Waals surface area (Å²) in [4.78, 5) is 3.90. The summed E-state index contributed by atoms with van der Waals surface area (Å²) in [5.74, 6) is -4.35. The van der Waals surface area contributed by atoms with Gasteiger partial charge < -0.3 is 10.5 Å². The highest BCUT2D eigenvalue weighted by molar-refractivity contribution is 5.84. The minimum atomic E-state index is -1.59. The number of benzene rings is 1. The van der Waals surface area contributed by atoms with Crippen molar-refractivity contribution in [2.24, 2.45) is 5.10 Å². The maximum Gasteiger partial charge on any atom is 0.221 e. The van der Waals surface area contributed by atoms with Crippen molar-refractivity contribution in [3.63, 3.8) is 0 Å². The van der Waals surface area contributed by atoms with Crippen molar-refractivity contribution in [2.75, 3.05) is 12.3 Å². The number of hydrogen-bond donors (Lipinski definition) is 1. The Bertz CT molecular complexity index is 697. The molecule has 1 aromatic carbocycles. The van der Waals surface area contributed by atoms with E-state index in [2.05, 4.69) is 10.1 Å². The van der Waals surface area contributed by atoms with Gasteiger partial charge in [-0.1, -0.05) is 0 Å². The number of halogens is 3. The first-order chi connectivity index (χ1) is 9.93. The van der Waals surface area contributed by atoms with Crippen LogP contribution < -0.4 is 10.5 Å². The first-order valence-corrected chi connectivity index (χ1v) is 6.10. The highest BCUT2D eigenvalue weighted by atomic mass is 19.2. The summed E-state index contributed by atoms with van der Waals surface area (Å²) >= 11 is 0. The lowest BCUT2D eigenvalue weighted by Gasteiger charge is -2.09. The molecule has 0 amide bonds. The lowest BCUT2D eigenvalue weighted by molar-refractivity contribution is 0.330. The average Bonchev–Trinajstić information content (AvgIpc) is 2.74. The predicted molar refractivity (Wildman–Crippen MR) is 71.9 cm³/mol. The first-order valence-electron chi connectivity index (χ1n) is 6.10. The molecule has 0 aliphatic carbocycles. The number of imidazole rings is 1. The maximum atomic E-state index is 13.8. The number of aromatic nitrogens is 2. The summed E-state index contributed by atoms with van der Waals surface area (Å²) in [6.07, 6.45) is 2.50. The minimum absolute atomic E-state index is 0.0877. The van der Waals surface area contributed by atoms with Crippen LogP contribution in [0.5, 0.6) is 5.75 Å². The van der Waals surface area contributed by atoms with Crippen LogP contribution in [-0.2, 0) is 0 Å². The van der Waals surface area contributed by atoms with E-state index in [0.29, 0.717) is 5.69 Å². The zero-order valence-electron chi connectivity index (χ0n) is 11.4. The molecule has 2 rings (SSSR count). The maximum absolute atomic E-state index is 13.8. The van der Waals surface area contributed by atoms with Crippen LogP contribution in [-0.4, -0.2) is 22.5 Å². The van der Waals surface area contributed by atoms with E-state index in [-0.39, 0.29) is 23.9 Å². The van der Waals surface area contributed by atoms with E-state index >= 15 is 0 Å². The van der Waals surface area contributed by atoms with Crippen molar-refractivity contribution in [1.29, 1.82) is 0 Å². The molecule has 2 N–H and O–H groups in total. The molecule has 2 aromatic rings. The van der Waals surface area contributed by atoms with E-state index in [1.165, 1.54) is 10.9 Å². The molecule has 5 nitrogen and oxygen atoms in total. The molecule has 0 saturated heterocycles. The van der Waals surface area contributed by atoms with Crippen molar-refractivity contribution in [3.8, 4) is 5.75 Å². The fourth-order valence-electron chi connectivity index (χ4n) is 1.70. The van der Waals surface area contributed by atoms with Crippen LogP contribution in [0.4, 0.5) is 19.1 Å². The molecule has 0 fully saturated rings. The molecular weight excluding hydrogens is 285 g/mol. The van der Waals surface area contributed by atoms with Crippen molar-refractivity contribution in [2.45, 2.75) is 13.8 Å². The molecule has 0 atom stereocenters. The molecule has 8 heteroatoms. The predicted octanol–water partition coefficient (Wildman–Crippen LogP) is 2.47. The topological polar surface area (TPSA) is 65.4 Å². The van der Waals surface area contributed by atoms with Gasteiger partial charge in [-0.3, -0.25) is 0 Å². The molecule has 0 aliphatic heterocycles. The standard InChI is InChI=1S/C13H13F3N4O/c1-3-21-10-4-9(14)12(16)11(15)8(10)5-18-20-6-7(2)19-13(20)17/h4-6H,3H2,1-2H3,(H2,17,19). The number of anilines is 1. The van der Waals surface area contributed by atoms with Gasteiger partial charge in [-0.05, 0) is 13.8 Å². The van der Waals surface area contributed by atoms with Gasteiger partial charge in [0.05, 0.1) is 30.3 Å². The molecule has 1 aromatic heterocycles. The number of rotatable bonds is 4. The van der Waals surface area contributed by atoms with E-state index < -0.39 is 17.5 Å². The number of ether oxygens (including phenoxy) is 1. The monoisotopic (exact) mass is 298 g/mol. The summed E-state index contributed by atoms with van der Waals surface area (Å²) in [7, 11) is 0. The van der Waals surface area contributed by atoms with E-state index in [0.717, 1.165) is 12.3 Å². The van der Waals surface area contributed by atoms with Crippen molar-refractivity contribution in [3.05, 3.63) is 41.0 Å². The van der Waals surface area contributed by atoms with Gasteiger partial charge >= 0.3 is 0 Å². The Morgan fingerprint density at radius 2 is 2.10 bits per heavy atom. The molecule has 0 saturated carbocycles. The summed E-state index contributed by atoms with van der Waals surface area (Å²) in [6.45, 7) is 3.50. The molecule has 0 spiro atoms. The van der Waals surface area contributed by atoms with Gasteiger partial charge in [0.15, 0.2) is 17.5 Å². The quantitative estimate of drug-likeness (QED) is 0.696. The van der Waals surface area contributed by atoms with Crippen LogP contribution in [0.15, 0.2) is 17.4 Å². The zero-order valence-corrected chi connectivity index (χ0v) is 11.4. The van der Waals surface area contributed by atoms with E-state index in [1.54, 1.807) is 13.8 Å². The van der Waals surface area contributed by atoms with Crippen molar-refractivity contribution < 1.29 is 17.9 Å². The second-order valence-corrected chi connectivity index (χ2v) is 4.16. The van der Waals surface area contributed by atoms with E-state index in [1.807, 2.05) is 0 Å². The Balaban J connectivity index is 2.47.